The van der Waals surface area contributed by atoms with E-state index in [9.17, 15) is 23.2 Å². The van der Waals surface area contributed by atoms with Crippen LogP contribution in [0, 0.1) is 50.7 Å². The SMILES string of the molecule is CC(C)=CC(O)CC(C)C1CCC2(C)C3CCC4C(C)(CO)C(OS(=O)(=O)O)CCC45CC35CCC12C. The summed E-state index contributed by atoms with van der Waals surface area (Å²) in [5, 5.41) is 21.2. The van der Waals surface area contributed by atoms with Crippen LogP contribution in [-0.4, -0.2) is 42.0 Å². The van der Waals surface area contributed by atoms with Crippen molar-refractivity contribution in [3.63, 3.8) is 0 Å². The van der Waals surface area contributed by atoms with Crippen LogP contribution in [0.4, 0.5) is 0 Å². The van der Waals surface area contributed by atoms with E-state index in [1.165, 1.54) is 37.7 Å². The predicted octanol–water partition coefficient (Wildman–Crippen LogP) is 5.94. The zero-order valence-corrected chi connectivity index (χ0v) is 24.6. The number of aliphatic hydroxyl groups excluding tert-OH is 2. The van der Waals surface area contributed by atoms with Crippen LogP contribution in [0.15, 0.2) is 11.6 Å². The van der Waals surface area contributed by atoms with Crippen molar-refractivity contribution in [2.45, 2.75) is 118 Å². The average Bonchev–Trinajstić information content (AvgIpc) is 3.36. The highest BCUT2D eigenvalue weighted by atomic mass is 32.3. The van der Waals surface area contributed by atoms with Crippen molar-refractivity contribution >= 4 is 10.4 Å². The highest BCUT2D eigenvalue weighted by Crippen LogP contribution is 2.89. The molecule has 37 heavy (non-hydrogen) atoms. The molecular weight excluding hydrogens is 488 g/mol. The summed E-state index contributed by atoms with van der Waals surface area (Å²) in [6.07, 6.45) is 11.5. The standard InChI is InChI=1S/C30H50O6S/c1-19(2)15-21(32)16-20(3)22-9-11-28(6)24-8-7-23-26(4,18-31)25(36-37(33,34)35)10-12-29(23)17-30(24,29)14-13-27(22,28)5/h15,20-25,31-32H,7-14,16-18H2,1-6H3,(H,33,34,35). The van der Waals surface area contributed by atoms with E-state index < -0.39 is 21.9 Å². The van der Waals surface area contributed by atoms with E-state index in [1.54, 1.807) is 0 Å². The minimum Gasteiger partial charge on any atom is -0.396 e. The Hall–Kier alpha value is -0.470. The Bertz CT molecular complexity index is 1050. The molecule has 5 aliphatic rings. The van der Waals surface area contributed by atoms with Crippen molar-refractivity contribution in [1.29, 1.82) is 0 Å². The summed E-state index contributed by atoms with van der Waals surface area (Å²) in [7, 11) is -4.57. The lowest BCUT2D eigenvalue weighted by atomic mass is 9.41. The third-order valence-electron chi connectivity index (χ3n) is 13.3. The smallest absolute Gasteiger partial charge is 0.396 e. The number of rotatable bonds is 7. The Morgan fingerprint density at radius 3 is 2.24 bits per heavy atom. The van der Waals surface area contributed by atoms with Gasteiger partial charge in [-0.15, -0.1) is 0 Å². The Kier molecular flexibility index (Phi) is 6.65. The van der Waals surface area contributed by atoms with E-state index in [-0.39, 0.29) is 40.3 Å². The summed E-state index contributed by atoms with van der Waals surface area (Å²) in [6, 6.07) is 0. The summed E-state index contributed by atoms with van der Waals surface area (Å²) >= 11 is 0. The van der Waals surface area contributed by atoms with E-state index in [4.69, 9.17) is 4.18 Å². The third-order valence-corrected chi connectivity index (χ3v) is 13.8. The van der Waals surface area contributed by atoms with Crippen molar-refractivity contribution in [2.24, 2.45) is 50.7 Å². The molecule has 0 amide bonds. The van der Waals surface area contributed by atoms with Gasteiger partial charge in [-0.05, 0) is 123 Å². The molecule has 5 saturated carbocycles. The van der Waals surface area contributed by atoms with Crippen molar-refractivity contribution in [3.05, 3.63) is 11.6 Å². The summed E-state index contributed by atoms with van der Waals surface area (Å²) < 4.78 is 37.9. The maximum Gasteiger partial charge on any atom is 0.397 e. The number of hydrogen-bond acceptors (Lipinski definition) is 5. The van der Waals surface area contributed by atoms with Crippen LogP contribution in [0.1, 0.15) is 106 Å². The molecule has 11 atom stereocenters. The van der Waals surface area contributed by atoms with Gasteiger partial charge in [0.25, 0.3) is 0 Å². The molecule has 0 saturated heterocycles. The fourth-order valence-electron chi connectivity index (χ4n) is 11.6. The number of fused-ring (bicyclic) bond motifs is 2. The fourth-order valence-corrected chi connectivity index (χ4v) is 12.2. The third kappa shape index (κ3) is 3.88. The molecule has 0 heterocycles. The van der Waals surface area contributed by atoms with Crippen molar-refractivity contribution < 1.29 is 27.4 Å². The lowest BCUT2D eigenvalue weighted by Crippen LogP contribution is -2.59. The minimum absolute atomic E-state index is 0.122. The molecule has 7 heteroatoms. The molecule has 0 bridgehead atoms. The predicted molar refractivity (Wildman–Crippen MR) is 144 cm³/mol. The van der Waals surface area contributed by atoms with Crippen LogP contribution in [0.5, 0.6) is 0 Å². The monoisotopic (exact) mass is 538 g/mol. The molecule has 212 valence electrons. The molecule has 0 aromatic carbocycles. The molecule has 0 aromatic heterocycles. The average molecular weight is 539 g/mol. The van der Waals surface area contributed by atoms with Crippen LogP contribution in [0.2, 0.25) is 0 Å². The van der Waals surface area contributed by atoms with Gasteiger partial charge in [-0.1, -0.05) is 39.3 Å². The number of hydrogen-bond donors (Lipinski definition) is 3. The first-order valence-electron chi connectivity index (χ1n) is 14.7. The van der Waals surface area contributed by atoms with Crippen molar-refractivity contribution in [1.82, 2.24) is 0 Å². The molecule has 6 nitrogen and oxygen atoms in total. The Morgan fingerprint density at radius 1 is 0.973 bits per heavy atom. The van der Waals surface area contributed by atoms with Crippen LogP contribution in [-0.2, 0) is 14.6 Å². The summed E-state index contributed by atoms with van der Waals surface area (Å²) in [5.41, 5.74) is 1.46. The molecule has 5 aliphatic carbocycles. The van der Waals surface area contributed by atoms with Gasteiger partial charge in [0.05, 0.1) is 18.8 Å². The highest BCUT2D eigenvalue weighted by Gasteiger charge is 2.82. The van der Waals surface area contributed by atoms with Gasteiger partial charge >= 0.3 is 10.4 Å². The number of aliphatic hydroxyl groups is 2. The first kappa shape index (κ1) is 28.1. The Morgan fingerprint density at radius 2 is 1.62 bits per heavy atom. The topological polar surface area (TPSA) is 104 Å². The fraction of sp³-hybridized carbons (Fsp3) is 0.933. The van der Waals surface area contributed by atoms with E-state index in [2.05, 4.69) is 20.8 Å². The normalized spacial score (nSPS) is 50.2. The molecule has 3 N–H and O–H groups in total. The van der Waals surface area contributed by atoms with E-state index in [0.29, 0.717) is 24.2 Å². The van der Waals surface area contributed by atoms with Crippen LogP contribution in [0.3, 0.4) is 0 Å². The van der Waals surface area contributed by atoms with Gasteiger partial charge in [-0.3, -0.25) is 4.55 Å². The molecule has 2 spiro atoms. The van der Waals surface area contributed by atoms with Gasteiger partial charge in [0.1, 0.15) is 0 Å². The van der Waals surface area contributed by atoms with Gasteiger partial charge < -0.3 is 10.2 Å². The zero-order valence-electron chi connectivity index (χ0n) is 23.8. The second kappa shape index (κ2) is 8.76. The van der Waals surface area contributed by atoms with E-state index >= 15 is 0 Å². The minimum atomic E-state index is -4.57. The summed E-state index contributed by atoms with van der Waals surface area (Å²) in [4.78, 5) is 0. The quantitative estimate of drug-likeness (QED) is 0.274. The van der Waals surface area contributed by atoms with Crippen molar-refractivity contribution in [2.75, 3.05) is 6.61 Å². The van der Waals surface area contributed by atoms with Crippen LogP contribution < -0.4 is 0 Å². The van der Waals surface area contributed by atoms with E-state index in [0.717, 1.165) is 25.7 Å². The molecule has 11 unspecified atom stereocenters. The molecule has 0 aromatic rings. The molecule has 5 fully saturated rings. The molecule has 0 radical (unpaired) electrons. The first-order valence-corrected chi connectivity index (χ1v) is 16.0. The van der Waals surface area contributed by atoms with Gasteiger partial charge in [0, 0.05) is 5.41 Å². The van der Waals surface area contributed by atoms with Gasteiger partial charge in [0.15, 0.2) is 0 Å². The van der Waals surface area contributed by atoms with Gasteiger partial charge in [-0.2, -0.15) is 8.42 Å². The Balaban J connectivity index is 1.41. The molecule has 5 rings (SSSR count). The summed E-state index contributed by atoms with van der Waals surface area (Å²) in [5.74, 6) is 1.95. The molecule has 0 aliphatic heterocycles. The second-order valence-electron chi connectivity index (χ2n) is 14.9. The Labute approximate surface area is 224 Å². The van der Waals surface area contributed by atoms with Crippen LogP contribution >= 0.6 is 0 Å². The van der Waals surface area contributed by atoms with Gasteiger partial charge in [-0.25, -0.2) is 4.18 Å². The summed E-state index contributed by atoms with van der Waals surface area (Å²) in [6.45, 7) is 13.4. The second-order valence-corrected chi connectivity index (χ2v) is 15.9. The first-order chi connectivity index (χ1) is 17.1. The maximum absolute atomic E-state index is 11.6. The lowest BCUT2D eigenvalue weighted by Gasteiger charge is -2.63. The van der Waals surface area contributed by atoms with Gasteiger partial charge in [0.2, 0.25) is 0 Å². The van der Waals surface area contributed by atoms with E-state index in [1.807, 2.05) is 26.8 Å². The largest absolute Gasteiger partial charge is 0.397 e. The molecular formula is C30H50O6S. The maximum atomic E-state index is 11.6. The number of allylic oxidation sites excluding steroid dienone is 1. The highest BCUT2D eigenvalue weighted by molar-refractivity contribution is 7.80. The lowest BCUT2D eigenvalue weighted by molar-refractivity contribution is -0.170. The zero-order chi connectivity index (χ0) is 27.2. The van der Waals surface area contributed by atoms with Crippen LogP contribution in [0.25, 0.3) is 0 Å². The van der Waals surface area contributed by atoms with Crippen molar-refractivity contribution in [3.8, 4) is 0 Å².